The van der Waals surface area contributed by atoms with Gasteiger partial charge in [0.1, 0.15) is 5.78 Å². The average Bonchev–Trinajstić information content (AvgIpc) is 2.42. The Morgan fingerprint density at radius 3 is 2.67 bits per heavy atom. The molecule has 2 saturated carbocycles. The number of carbonyl (C=O) groups excluding carboxylic acids is 1. The molecular weight excluding hydrogens is 148 g/mol. The molecule has 0 N–H and O–H groups in total. The normalized spacial score (nSPS) is 30.9. The van der Waals surface area contributed by atoms with Gasteiger partial charge in [-0.25, -0.2) is 0 Å². The minimum atomic E-state index is 0.370. The largest absolute Gasteiger partial charge is 0.300 e. The van der Waals surface area contributed by atoms with Crippen molar-refractivity contribution in [1.29, 1.82) is 0 Å². The van der Waals surface area contributed by atoms with Crippen molar-refractivity contribution >= 4 is 5.78 Å². The van der Waals surface area contributed by atoms with Crippen LogP contribution in [0.15, 0.2) is 0 Å². The highest BCUT2D eigenvalue weighted by atomic mass is 16.1. The molecule has 1 unspecified atom stereocenters. The molecule has 0 saturated heterocycles. The van der Waals surface area contributed by atoms with Crippen molar-refractivity contribution in [2.45, 2.75) is 51.9 Å². The van der Waals surface area contributed by atoms with Crippen molar-refractivity contribution in [1.82, 2.24) is 0 Å². The van der Waals surface area contributed by atoms with Crippen LogP contribution >= 0.6 is 0 Å². The van der Waals surface area contributed by atoms with E-state index in [1.54, 1.807) is 6.92 Å². The molecule has 2 aliphatic rings. The lowest BCUT2D eigenvalue weighted by Gasteiger charge is -2.06. The molecule has 1 nitrogen and oxygen atoms in total. The lowest BCUT2D eigenvalue weighted by molar-refractivity contribution is -0.117. The monoisotopic (exact) mass is 166 g/mol. The summed E-state index contributed by atoms with van der Waals surface area (Å²) in [5.74, 6) is 1.29. The minimum absolute atomic E-state index is 0.370. The van der Waals surface area contributed by atoms with Crippen LogP contribution in [0, 0.1) is 11.3 Å². The molecule has 0 radical (unpaired) electrons. The Hall–Kier alpha value is -0.330. The topological polar surface area (TPSA) is 17.1 Å². The van der Waals surface area contributed by atoms with Crippen LogP contribution in [0.1, 0.15) is 51.9 Å². The van der Waals surface area contributed by atoms with E-state index in [0.29, 0.717) is 5.78 Å². The summed E-state index contributed by atoms with van der Waals surface area (Å²) < 4.78 is 0. The van der Waals surface area contributed by atoms with Crippen LogP contribution in [-0.4, -0.2) is 5.78 Å². The zero-order valence-corrected chi connectivity index (χ0v) is 7.94. The highest BCUT2D eigenvalue weighted by Crippen LogP contribution is 2.64. The zero-order valence-electron chi connectivity index (χ0n) is 7.94. The van der Waals surface area contributed by atoms with Gasteiger partial charge in [0.2, 0.25) is 0 Å². The molecule has 2 aliphatic carbocycles. The predicted octanol–water partition coefficient (Wildman–Crippen LogP) is 2.94. The molecule has 68 valence electrons. The summed E-state index contributed by atoms with van der Waals surface area (Å²) in [5.41, 5.74) is 0.745. The third kappa shape index (κ3) is 1.41. The lowest BCUT2D eigenvalue weighted by Crippen LogP contribution is -1.98. The van der Waals surface area contributed by atoms with Gasteiger partial charge in [0.05, 0.1) is 0 Å². The van der Waals surface area contributed by atoms with Crippen LogP contribution < -0.4 is 0 Å². The first-order chi connectivity index (χ1) is 5.73. The van der Waals surface area contributed by atoms with Crippen molar-refractivity contribution < 1.29 is 4.79 Å². The molecule has 0 aromatic carbocycles. The van der Waals surface area contributed by atoms with E-state index >= 15 is 0 Å². The Bertz CT molecular complexity index is 189. The fraction of sp³-hybridized carbons (Fsp3) is 0.909. The molecule has 1 spiro atoms. The summed E-state index contributed by atoms with van der Waals surface area (Å²) in [6, 6.07) is 0. The predicted molar refractivity (Wildman–Crippen MR) is 48.9 cm³/mol. The van der Waals surface area contributed by atoms with Crippen molar-refractivity contribution in [3.05, 3.63) is 0 Å². The van der Waals surface area contributed by atoms with E-state index in [-0.39, 0.29) is 0 Å². The highest BCUT2D eigenvalue weighted by Gasteiger charge is 2.53. The van der Waals surface area contributed by atoms with Crippen LogP contribution in [0.3, 0.4) is 0 Å². The Kier molecular flexibility index (Phi) is 1.97. The van der Waals surface area contributed by atoms with Gasteiger partial charge >= 0.3 is 0 Å². The number of rotatable bonds is 3. The molecule has 0 aliphatic heterocycles. The van der Waals surface area contributed by atoms with Gasteiger partial charge in [0.15, 0.2) is 0 Å². The maximum Gasteiger partial charge on any atom is 0.129 e. The van der Waals surface area contributed by atoms with E-state index in [1.165, 1.54) is 38.5 Å². The van der Waals surface area contributed by atoms with Gasteiger partial charge in [-0.3, -0.25) is 0 Å². The summed E-state index contributed by atoms with van der Waals surface area (Å²) in [6.07, 6.45) is 9.22. The second kappa shape index (κ2) is 2.86. The maximum absolute atomic E-state index is 10.8. The molecule has 1 atom stereocenters. The fourth-order valence-electron chi connectivity index (χ4n) is 2.91. The molecule has 0 aromatic rings. The third-order valence-corrected chi connectivity index (χ3v) is 3.80. The summed E-state index contributed by atoms with van der Waals surface area (Å²) in [5, 5.41) is 0. The van der Waals surface area contributed by atoms with Gasteiger partial charge in [0, 0.05) is 6.42 Å². The van der Waals surface area contributed by atoms with Crippen molar-refractivity contribution in [2.75, 3.05) is 0 Å². The van der Waals surface area contributed by atoms with Gasteiger partial charge < -0.3 is 4.79 Å². The van der Waals surface area contributed by atoms with Crippen LogP contribution in [0.25, 0.3) is 0 Å². The van der Waals surface area contributed by atoms with Crippen molar-refractivity contribution in [2.24, 2.45) is 11.3 Å². The first-order valence-electron chi connectivity index (χ1n) is 5.22. The number of hydrogen-bond donors (Lipinski definition) is 0. The second-order valence-electron chi connectivity index (χ2n) is 4.71. The molecule has 2 fully saturated rings. The van der Waals surface area contributed by atoms with E-state index in [2.05, 4.69) is 0 Å². The zero-order chi connectivity index (χ0) is 8.60. The summed E-state index contributed by atoms with van der Waals surface area (Å²) >= 11 is 0. The molecule has 0 amide bonds. The first kappa shape index (κ1) is 8.28. The van der Waals surface area contributed by atoms with Crippen LogP contribution in [0.5, 0.6) is 0 Å². The lowest BCUT2D eigenvalue weighted by atomic mass is 9.99. The average molecular weight is 166 g/mol. The fourth-order valence-corrected chi connectivity index (χ4v) is 2.91. The van der Waals surface area contributed by atoms with Crippen LogP contribution in [0.4, 0.5) is 0 Å². The Morgan fingerprint density at radius 1 is 1.42 bits per heavy atom. The summed E-state index contributed by atoms with van der Waals surface area (Å²) in [6.45, 7) is 1.71. The van der Waals surface area contributed by atoms with E-state index in [1.807, 2.05) is 0 Å². The van der Waals surface area contributed by atoms with E-state index in [4.69, 9.17) is 0 Å². The smallest absolute Gasteiger partial charge is 0.129 e. The van der Waals surface area contributed by atoms with Gasteiger partial charge in [0.25, 0.3) is 0 Å². The standard InChI is InChI=1S/C11H18O/c1-9(12)4-5-10-8-11(10)6-2-3-7-11/h10H,2-8H2,1H3. The second-order valence-corrected chi connectivity index (χ2v) is 4.71. The minimum Gasteiger partial charge on any atom is -0.300 e. The number of hydrogen-bond acceptors (Lipinski definition) is 1. The molecule has 0 aromatic heterocycles. The maximum atomic E-state index is 10.8. The molecule has 0 heterocycles. The van der Waals surface area contributed by atoms with Crippen LogP contribution in [-0.2, 0) is 4.79 Å². The first-order valence-corrected chi connectivity index (χ1v) is 5.22. The van der Waals surface area contributed by atoms with E-state index < -0.39 is 0 Å². The summed E-state index contributed by atoms with van der Waals surface area (Å²) in [7, 11) is 0. The molecule has 12 heavy (non-hydrogen) atoms. The Labute approximate surface area is 74.5 Å². The van der Waals surface area contributed by atoms with Crippen LogP contribution in [0.2, 0.25) is 0 Å². The number of Topliss-reactive ketones (excluding diaryl/α,β-unsaturated/α-hetero) is 1. The van der Waals surface area contributed by atoms with Gasteiger partial charge in [-0.05, 0) is 43.9 Å². The quantitative estimate of drug-likeness (QED) is 0.630. The molecule has 2 rings (SSSR count). The molecular formula is C11H18O. The van der Waals surface area contributed by atoms with Gasteiger partial charge in [-0.15, -0.1) is 0 Å². The SMILES string of the molecule is CC(=O)CCC1CC12CCCC2. The van der Waals surface area contributed by atoms with E-state index in [0.717, 1.165) is 17.8 Å². The Morgan fingerprint density at radius 2 is 2.08 bits per heavy atom. The van der Waals surface area contributed by atoms with Crippen molar-refractivity contribution in [3.63, 3.8) is 0 Å². The third-order valence-electron chi connectivity index (χ3n) is 3.80. The Balaban J connectivity index is 1.76. The molecule has 1 heteroatoms. The van der Waals surface area contributed by atoms with Gasteiger partial charge in [-0.1, -0.05) is 12.8 Å². The number of carbonyl (C=O) groups is 1. The van der Waals surface area contributed by atoms with Crippen molar-refractivity contribution in [3.8, 4) is 0 Å². The number of ketones is 1. The van der Waals surface area contributed by atoms with E-state index in [9.17, 15) is 4.79 Å². The van der Waals surface area contributed by atoms with Gasteiger partial charge in [-0.2, -0.15) is 0 Å². The molecule has 0 bridgehead atoms. The highest BCUT2D eigenvalue weighted by molar-refractivity contribution is 5.75. The summed E-state index contributed by atoms with van der Waals surface area (Å²) in [4.78, 5) is 10.8.